The fraction of sp³-hybridized carbons (Fsp3) is 0.238. The van der Waals surface area contributed by atoms with Crippen molar-refractivity contribution in [1.29, 1.82) is 0 Å². The minimum atomic E-state index is -3.87. The molecule has 1 aliphatic heterocycles. The van der Waals surface area contributed by atoms with Crippen LogP contribution in [-0.2, 0) is 16.4 Å². The third kappa shape index (κ3) is 2.91. The lowest BCUT2D eigenvalue weighted by molar-refractivity contribution is 0.0863. The largest absolute Gasteiger partial charge is 0.361 e. The Kier molecular flexibility index (Phi) is 3.99. The van der Waals surface area contributed by atoms with Gasteiger partial charge in [0.15, 0.2) is 0 Å². The molecule has 0 bridgehead atoms. The zero-order valence-electron chi connectivity index (χ0n) is 15.5. The Labute approximate surface area is 167 Å². The fourth-order valence-corrected chi connectivity index (χ4v) is 5.65. The third-order valence-electron chi connectivity index (χ3n) is 5.44. The van der Waals surface area contributed by atoms with Crippen LogP contribution in [0.2, 0.25) is 0 Å². The van der Waals surface area contributed by atoms with Gasteiger partial charge in [-0.3, -0.25) is 9.59 Å². The quantitative estimate of drug-likeness (QED) is 0.676. The van der Waals surface area contributed by atoms with Crippen molar-refractivity contribution in [2.75, 3.05) is 6.54 Å². The van der Waals surface area contributed by atoms with Crippen LogP contribution in [0.3, 0.4) is 0 Å². The summed E-state index contributed by atoms with van der Waals surface area (Å²) in [6, 6.07) is 12.0. The molecule has 0 unspecified atom stereocenters. The van der Waals surface area contributed by atoms with E-state index in [1.54, 1.807) is 0 Å². The number of rotatable bonds is 5. The molecule has 2 aliphatic rings. The van der Waals surface area contributed by atoms with Gasteiger partial charge in [-0.05, 0) is 49.1 Å². The number of hydrogen-bond donors (Lipinski definition) is 2. The number of para-hydroxylation sites is 1. The molecule has 1 aromatic heterocycles. The molecule has 0 saturated heterocycles. The fourth-order valence-electron chi connectivity index (χ4n) is 3.81. The first-order chi connectivity index (χ1) is 14.0. The molecule has 1 aliphatic carbocycles. The monoisotopic (exact) mass is 409 g/mol. The van der Waals surface area contributed by atoms with E-state index in [-0.39, 0.29) is 28.0 Å². The summed E-state index contributed by atoms with van der Waals surface area (Å²) in [5.74, 6) is -0.853. The number of H-pyrrole nitrogens is 1. The van der Waals surface area contributed by atoms with Gasteiger partial charge in [-0.25, -0.2) is 12.7 Å². The second-order valence-electron chi connectivity index (χ2n) is 7.41. The van der Waals surface area contributed by atoms with E-state index < -0.39 is 15.9 Å². The van der Waals surface area contributed by atoms with Crippen molar-refractivity contribution in [2.24, 2.45) is 0 Å². The van der Waals surface area contributed by atoms with Crippen molar-refractivity contribution in [1.82, 2.24) is 14.6 Å². The van der Waals surface area contributed by atoms with E-state index in [1.165, 1.54) is 18.2 Å². The second-order valence-corrected chi connectivity index (χ2v) is 9.20. The van der Waals surface area contributed by atoms with Crippen molar-refractivity contribution < 1.29 is 18.0 Å². The molecule has 3 aromatic rings. The van der Waals surface area contributed by atoms with Gasteiger partial charge in [0.1, 0.15) is 4.90 Å². The highest BCUT2D eigenvalue weighted by Crippen LogP contribution is 2.39. The summed E-state index contributed by atoms with van der Waals surface area (Å²) in [5.41, 5.74) is 2.52. The van der Waals surface area contributed by atoms with Gasteiger partial charge in [-0.1, -0.05) is 18.2 Å². The van der Waals surface area contributed by atoms with Crippen LogP contribution in [0.1, 0.15) is 39.1 Å². The summed E-state index contributed by atoms with van der Waals surface area (Å²) in [5, 5.41) is 3.95. The number of hydrogen-bond acceptors (Lipinski definition) is 4. The summed E-state index contributed by atoms with van der Waals surface area (Å²) < 4.78 is 26.4. The molecule has 0 radical (unpaired) electrons. The minimum absolute atomic E-state index is 0.0707. The smallest absolute Gasteiger partial charge is 0.269 e. The lowest BCUT2D eigenvalue weighted by atomic mass is 10.1. The Morgan fingerprint density at radius 3 is 2.76 bits per heavy atom. The Bertz CT molecular complexity index is 1260. The van der Waals surface area contributed by atoms with Crippen LogP contribution in [-0.4, -0.2) is 42.1 Å². The van der Waals surface area contributed by atoms with Gasteiger partial charge < -0.3 is 10.3 Å². The van der Waals surface area contributed by atoms with Crippen LogP contribution < -0.4 is 5.32 Å². The first-order valence-electron chi connectivity index (χ1n) is 9.53. The van der Waals surface area contributed by atoms with E-state index >= 15 is 0 Å². The van der Waals surface area contributed by atoms with Crippen molar-refractivity contribution in [2.45, 2.75) is 30.2 Å². The molecule has 1 fully saturated rings. The van der Waals surface area contributed by atoms with Gasteiger partial charge in [0, 0.05) is 35.2 Å². The molecule has 2 aromatic carbocycles. The summed E-state index contributed by atoms with van der Waals surface area (Å²) in [6.07, 6.45) is 3.96. The molecule has 2 N–H and O–H groups in total. The van der Waals surface area contributed by atoms with E-state index in [0.717, 1.165) is 20.8 Å². The number of amides is 2. The molecule has 29 heavy (non-hydrogen) atoms. The third-order valence-corrected chi connectivity index (χ3v) is 7.32. The van der Waals surface area contributed by atoms with Gasteiger partial charge in [-0.2, -0.15) is 0 Å². The number of nitrogens with zero attached hydrogens (tertiary/aromatic N) is 1. The summed E-state index contributed by atoms with van der Waals surface area (Å²) in [7, 11) is -3.87. The van der Waals surface area contributed by atoms with E-state index in [2.05, 4.69) is 10.3 Å². The molecule has 0 spiro atoms. The average molecular weight is 409 g/mol. The summed E-state index contributed by atoms with van der Waals surface area (Å²) in [6.45, 7) is 0.414. The number of sulfonamides is 1. The van der Waals surface area contributed by atoms with Gasteiger partial charge in [-0.15, -0.1) is 0 Å². The Hall–Kier alpha value is -3.13. The molecule has 8 heteroatoms. The SMILES string of the molecule is O=C(NCCc1c[nH]c2ccccc12)c1ccc2c(c1)S(=O)(=O)N(C1CC1)C2=O. The maximum absolute atomic E-state index is 12.7. The second kappa shape index (κ2) is 6.45. The average Bonchev–Trinajstić information content (AvgIpc) is 3.42. The number of benzene rings is 2. The van der Waals surface area contributed by atoms with Crippen LogP contribution in [0.4, 0.5) is 0 Å². The Morgan fingerprint density at radius 1 is 1.17 bits per heavy atom. The number of nitrogens with one attached hydrogen (secondary N) is 2. The van der Waals surface area contributed by atoms with Crippen LogP contribution >= 0.6 is 0 Å². The predicted octanol–water partition coefficient (Wildman–Crippen LogP) is 2.45. The van der Waals surface area contributed by atoms with E-state index in [0.29, 0.717) is 25.8 Å². The van der Waals surface area contributed by atoms with Crippen molar-refractivity contribution in [3.63, 3.8) is 0 Å². The van der Waals surface area contributed by atoms with E-state index in [9.17, 15) is 18.0 Å². The van der Waals surface area contributed by atoms with Gasteiger partial charge in [0.05, 0.1) is 5.56 Å². The van der Waals surface area contributed by atoms with Gasteiger partial charge in [0.2, 0.25) is 0 Å². The highest BCUT2D eigenvalue weighted by Gasteiger charge is 2.48. The zero-order valence-corrected chi connectivity index (χ0v) is 16.3. The van der Waals surface area contributed by atoms with Crippen molar-refractivity contribution in [3.8, 4) is 0 Å². The topological polar surface area (TPSA) is 99.3 Å². The number of fused-ring (bicyclic) bond motifs is 2. The molecule has 7 nitrogen and oxygen atoms in total. The zero-order chi connectivity index (χ0) is 20.2. The lowest BCUT2D eigenvalue weighted by Crippen LogP contribution is -2.32. The molecule has 148 valence electrons. The predicted molar refractivity (Wildman–Crippen MR) is 107 cm³/mol. The van der Waals surface area contributed by atoms with Crippen LogP contribution in [0.5, 0.6) is 0 Å². The standard InChI is InChI=1S/C21H19N3O4S/c25-20(22-10-9-14-12-23-18-4-2-1-3-16(14)18)13-5-8-17-19(11-13)29(27,28)24(21(17)26)15-6-7-15/h1-5,8,11-12,15,23H,6-7,9-10H2,(H,22,25). The highest BCUT2D eigenvalue weighted by atomic mass is 32.2. The van der Waals surface area contributed by atoms with Crippen LogP contribution in [0, 0.1) is 0 Å². The maximum atomic E-state index is 12.7. The number of carbonyl (C=O) groups is 2. The van der Waals surface area contributed by atoms with Gasteiger partial charge >= 0.3 is 0 Å². The molecular weight excluding hydrogens is 390 g/mol. The molecule has 1 saturated carbocycles. The van der Waals surface area contributed by atoms with E-state index in [1.807, 2.05) is 30.5 Å². The first-order valence-corrected chi connectivity index (χ1v) is 11.0. The number of aromatic nitrogens is 1. The molecular formula is C21H19N3O4S. The first kappa shape index (κ1) is 17.9. The molecule has 2 heterocycles. The molecule has 0 atom stereocenters. The number of carbonyl (C=O) groups excluding carboxylic acids is 2. The highest BCUT2D eigenvalue weighted by molar-refractivity contribution is 7.90. The summed E-state index contributed by atoms with van der Waals surface area (Å²) >= 11 is 0. The van der Waals surface area contributed by atoms with Crippen LogP contribution in [0.15, 0.2) is 53.6 Å². The normalized spacial score (nSPS) is 17.5. The Morgan fingerprint density at radius 2 is 1.97 bits per heavy atom. The Balaban J connectivity index is 1.31. The van der Waals surface area contributed by atoms with Crippen molar-refractivity contribution in [3.05, 3.63) is 65.4 Å². The maximum Gasteiger partial charge on any atom is 0.269 e. The molecule has 5 rings (SSSR count). The summed E-state index contributed by atoms with van der Waals surface area (Å²) in [4.78, 5) is 28.1. The van der Waals surface area contributed by atoms with Gasteiger partial charge in [0.25, 0.3) is 21.8 Å². The molecule has 2 amide bonds. The van der Waals surface area contributed by atoms with Crippen LogP contribution in [0.25, 0.3) is 10.9 Å². The van der Waals surface area contributed by atoms with E-state index in [4.69, 9.17) is 0 Å². The number of aromatic amines is 1. The van der Waals surface area contributed by atoms with Crippen molar-refractivity contribution >= 4 is 32.7 Å². The lowest BCUT2D eigenvalue weighted by Gasteiger charge is -2.13. The minimum Gasteiger partial charge on any atom is -0.361 e.